The van der Waals surface area contributed by atoms with Gasteiger partial charge in [0, 0.05) is 11.4 Å². The molecule has 6 heteroatoms. The predicted molar refractivity (Wildman–Crippen MR) is 78.4 cm³/mol. The topological polar surface area (TPSA) is 64.9 Å². The van der Waals surface area contributed by atoms with E-state index in [0.29, 0.717) is 22.8 Å². The van der Waals surface area contributed by atoms with Gasteiger partial charge in [-0.3, -0.25) is 0 Å². The van der Waals surface area contributed by atoms with Gasteiger partial charge in [-0.2, -0.15) is 4.98 Å². The van der Waals surface area contributed by atoms with E-state index in [-0.39, 0.29) is 11.6 Å². The van der Waals surface area contributed by atoms with Gasteiger partial charge in [0.2, 0.25) is 0 Å². The Balaban J connectivity index is 1.86. The molecule has 0 aliphatic carbocycles. The minimum absolute atomic E-state index is 0.000747. The number of hydrogen-bond acceptors (Lipinski definition) is 4. The summed E-state index contributed by atoms with van der Waals surface area (Å²) in [5.41, 5.74) is 7.07. The predicted octanol–water partition coefficient (Wildman–Crippen LogP) is 3.70. The molecule has 0 amide bonds. The monoisotopic (exact) mass is 303 g/mol. The van der Waals surface area contributed by atoms with E-state index in [1.807, 2.05) is 12.1 Å². The van der Waals surface area contributed by atoms with Crippen LogP contribution in [0.3, 0.4) is 0 Å². The van der Waals surface area contributed by atoms with Crippen LogP contribution in [0.1, 0.15) is 11.4 Å². The normalized spacial score (nSPS) is 10.8. The van der Waals surface area contributed by atoms with Gasteiger partial charge in [-0.1, -0.05) is 35.0 Å². The summed E-state index contributed by atoms with van der Waals surface area (Å²) in [5.74, 6) is 0.192. The number of rotatable bonds is 3. The van der Waals surface area contributed by atoms with Crippen molar-refractivity contribution < 1.29 is 8.91 Å². The van der Waals surface area contributed by atoms with Gasteiger partial charge in [-0.15, -0.1) is 0 Å². The SMILES string of the molecule is Nc1c(F)cccc1-c1nc(Cc2ccc(Cl)cc2)no1. The summed E-state index contributed by atoms with van der Waals surface area (Å²) >= 11 is 5.83. The Morgan fingerprint density at radius 2 is 1.90 bits per heavy atom. The minimum Gasteiger partial charge on any atom is -0.396 e. The lowest BCUT2D eigenvalue weighted by molar-refractivity contribution is 0.424. The standard InChI is InChI=1S/C15H11ClFN3O/c16-10-6-4-9(5-7-10)8-13-19-15(21-20-13)11-2-1-3-12(17)14(11)18/h1-7H,8,18H2. The molecule has 2 aromatic carbocycles. The van der Waals surface area contributed by atoms with Crippen molar-refractivity contribution in [3.8, 4) is 11.5 Å². The Hall–Kier alpha value is -2.40. The highest BCUT2D eigenvalue weighted by Gasteiger charge is 2.14. The van der Waals surface area contributed by atoms with E-state index in [9.17, 15) is 4.39 Å². The summed E-state index contributed by atoms with van der Waals surface area (Å²) in [6, 6.07) is 11.8. The van der Waals surface area contributed by atoms with E-state index in [1.54, 1.807) is 24.3 Å². The fourth-order valence-corrected chi connectivity index (χ4v) is 2.07. The number of nitrogens with two attached hydrogens (primary N) is 1. The van der Waals surface area contributed by atoms with Crippen LogP contribution in [0.2, 0.25) is 5.02 Å². The number of nitrogens with zero attached hydrogens (tertiary/aromatic N) is 2. The zero-order valence-corrected chi connectivity index (χ0v) is 11.6. The molecule has 4 nitrogen and oxygen atoms in total. The molecule has 0 saturated carbocycles. The second kappa shape index (κ2) is 5.54. The maximum Gasteiger partial charge on any atom is 0.260 e. The van der Waals surface area contributed by atoms with Gasteiger partial charge in [-0.25, -0.2) is 4.39 Å². The van der Waals surface area contributed by atoms with Crippen molar-refractivity contribution >= 4 is 17.3 Å². The van der Waals surface area contributed by atoms with Crippen LogP contribution in [0.4, 0.5) is 10.1 Å². The molecule has 1 heterocycles. The Morgan fingerprint density at radius 3 is 2.67 bits per heavy atom. The molecule has 3 aromatic rings. The van der Waals surface area contributed by atoms with Gasteiger partial charge >= 0.3 is 0 Å². The van der Waals surface area contributed by atoms with E-state index in [0.717, 1.165) is 5.56 Å². The Morgan fingerprint density at radius 1 is 1.14 bits per heavy atom. The highest BCUT2D eigenvalue weighted by Crippen LogP contribution is 2.26. The van der Waals surface area contributed by atoms with E-state index in [2.05, 4.69) is 10.1 Å². The molecule has 0 unspecified atom stereocenters. The zero-order chi connectivity index (χ0) is 14.8. The quantitative estimate of drug-likeness (QED) is 0.749. The van der Waals surface area contributed by atoms with Gasteiger partial charge in [0.1, 0.15) is 5.82 Å². The van der Waals surface area contributed by atoms with Gasteiger partial charge in [-0.05, 0) is 29.8 Å². The van der Waals surface area contributed by atoms with Gasteiger partial charge in [0.25, 0.3) is 5.89 Å². The number of para-hydroxylation sites is 1. The first kappa shape index (κ1) is 13.6. The molecule has 0 radical (unpaired) electrons. The Kier molecular flexibility index (Phi) is 3.58. The number of halogens is 2. The zero-order valence-electron chi connectivity index (χ0n) is 10.9. The summed E-state index contributed by atoms with van der Waals surface area (Å²) in [6.45, 7) is 0. The van der Waals surface area contributed by atoms with Crippen LogP contribution >= 0.6 is 11.6 Å². The average Bonchev–Trinajstić information content (AvgIpc) is 2.93. The Bertz CT molecular complexity index is 771. The van der Waals surface area contributed by atoms with Crippen LogP contribution in [-0.4, -0.2) is 10.1 Å². The number of hydrogen-bond donors (Lipinski definition) is 1. The molecule has 0 fully saturated rings. The third-order valence-corrected chi connectivity index (χ3v) is 3.28. The first-order valence-electron chi connectivity index (χ1n) is 6.25. The van der Waals surface area contributed by atoms with Crippen molar-refractivity contribution in [2.45, 2.75) is 6.42 Å². The van der Waals surface area contributed by atoms with Crippen LogP contribution < -0.4 is 5.73 Å². The first-order valence-corrected chi connectivity index (χ1v) is 6.62. The molecule has 3 rings (SSSR count). The van der Waals surface area contributed by atoms with Crippen LogP contribution in [0.25, 0.3) is 11.5 Å². The fraction of sp³-hybridized carbons (Fsp3) is 0.0667. The summed E-state index contributed by atoms with van der Waals surface area (Å²) in [6.07, 6.45) is 0.496. The summed E-state index contributed by atoms with van der Waals surface area (Å²) in [5, 5.41) is 4.55. The third-order valence-electron chi connectivity index (χ3n) is 3.03. The van der Waals surface area contributed by atoms with Crippen molar-refractivity contribution in [3.05, 3.63) is 64.7 Å². The second-order valence-corrected chi connectivity index (χ2v) is 4.96. The van der Waals surface area contributed by atoms with Crippen LogP contribution in [0, 0.1) is 5.82 Å². The molecule has 0 atom stereocenters. The van der Waals surface area contributed by atoms with E-state index in [4.69, 9.17) is 21.9 Å². The molecular weight excluding hydrogens is 293 g/mol. The summed E-state index contributed by atoms with van der Waals surface area (Å²) in [7, 11) is 0. The largest absolute Gasteiger partial charge is 0.396 e. The van der Waals surface area contributed by atoms with Crippen molar-refractivity contribution in [2.75, 3.05) is 5.73 Å². The number of benzene rings is 2. The van der Waals surface area contributed by atoms with Crippen molar-refractivity contribution in [3.63, 3.8) is 0 Å². The molecule has 0 saturated heterocycles. The van der Waals surface area contributed by atoms with Gasteiger partial charge in [0.05, 0.1) is 11.3 Å². The maximum absolute atomic E-state index is 13.4. The Labute approximate surface area is 125 Å². The lowest BCUT2D eigenvalue weighted by Crippen LogP contribution is -1.95. The molecule has 106 valence electrons. The lowest BCUT2D eigenvalue weighted by Gasteiger charge is -2.00. The maximum atomic E-state index is 13.4. The van der Waals surface area contributed by atoms with Crippen LogP contribution in [0.5, 0.6) is 0 Å². The van der Waals surface area contributed by atoms with Crippen molar-refractivity contribution in [1.82, 2.24) is 10.1 Å². The number of aromatic nitrogens is 2. The number of nitrogen functional groups attached to an aromatic ring is 1. The van der Waals surface area contributed by atoms with Crippen LogP contribution in [0.15, 0.2) is 47.0 Å². The highest BCUT2D eigenvalue weighted by atomic mass is 35.5. The molecule has 0 aliphatic rings. The second-order valence-electron chi connectivity index (χ2n) is 4.52. The van der Waals surface area contributed by atoms with Gasteiger partial charge in [0.15, 0.2) is 5.82 Å². The number of anilines is 1. The third kappa shape index (κ3) is 2.87. The summed E-state index contributed by atoms with van der Waals surface area (Å²) in [4.78, 5) is 4.24. The molecule has 2 N–H and O–H groups in total. The van der Waals surface area contributed by atoms with Crippen molar-refractivity contribution in [2.24, 2.45) is 0 Å². The fourth-order valence-electron chi connectivity index (χ4n) is 1.94. The summed E-state index contributed by atoms with van der Waals surface area (Å²) < 4.78 is 18.6. The molecule has 21 heavy (non-hydrogen) atoms. The van der Waals surface area contributed by atoms with E-state index < -0.39 is 5.82 Å². The highest BCUT2D eigenvalue weighted by molar-refractivity contribution is 6.30. The molecule has 0 bridgehead atoms. The average molecular weight is 304 g/mol. The van der Waals surface area contributed by atoms with E-state index >= 15 is 0 Å². The minimum atomic E-state index is -0.509. The molecule has 0 aliphatic heterocycles. The lowest BCUT2D eigenvalue weighted by atomic mass is 10.1. The van der Waals surface area contributed by atoms with Crippen LogP contribution in [-0.2, 0) is 6.42 Å². The smallest absolute Gasteiger partial charge is 0.260 e. The van der Waals surface area contributed by atoms with E-state index in [1.165, 1.54) is 6.07 Å². The molecule has 0 spiro atoms. The van der Waals surface area contributed by atoms with Crippen molar-refractivity contribution in [1.29, 1.82) is 0 Å². The molecule has 1 aromatic heterocycles. The molecular formula is C15H11ClFN3O. The van der Waals surface area contributed by atoms with Gasteiger partial charge < -0.3 is 10.3 Å². The first-order chi connectivity index (χ1) is 10.1.